The maximum atomic E-state index is 10.9. The van der Waals surface area contributed by atoms with E-state index in [9.17, 15) is 4.79 Å². The van der Waals surface area contributed by atoms with Crippen LogP contribution in [0.15, 0.2) is 0 Å². The van der Waals surface area contributed by atoms with Crippen molar-refractivity contribution in [2.75, 3.05) is 6.61 Å². The first-order valence-corrected chi connectivity index (χ1v) is 5.76. The standard InChI is InChI=1S/C11H16O6/c1-5(12)14-6-4-13-8-7(6)15-10-9(8)16-11(2,3)17-10/h6-10H,4H2,1-3H3/t6-,7-,8+,9-,10-/m1/s1. The second-order valence-corrected chi connectivity index (χ2v) is 5.02. The molecule has 3 fully saturated rings. The molecule has 0 unspecified atom stereocenters. The van der Waals surface area contributed by atoms with Crippen LogP contribution < -0.4 is 0 Å². The van der Waals surface area contributed by atoms with Gasteiger partial charge in [-0.2, -0.15) is 0 Å². The van der Waals surface area contributed by atoms with Crippen LogP contribution >= 0.6 is 0 Å². The van der Waals surface area contributed by atoms with E-state index in [0.717, 1.165) is 0 Å². The lowest BCUT2D eigenvalue weighted by Gasteiger charge is -2.22. The summed E-state index contributed by atoms with van der Waals surface area (Å²) in [4.78, 5) is 10.9. The highest BCUT2D eigenvalue weighted by molar-refractivity contribution is 5.66. The van der Waals surface area contributed by atoms with Crippen molar-refractivity contribution in [3.8, 4) is 0 Å². The lowest BCUT2D eigenvalue weighted by Crippen LogP contribution is -2.36. The lowest BCUT2D eigenvalue weighted by atomic mass is 10.1. The maximum Gasteiger partial charge on any atom is 0.303 e. The summed E-state index contributed by atoms with van der Waals surface area (Å²) in [5.41, 5.74) is 0. The average molecular weight is 244 g/mol. The van der Waals surface area contributed by atoms with Crippen molar-refractivity contribution in [2.24, 2.45) is 0 Å². The van der Waals surface area contributed by atoms with Crippen molar-refractivity contribution >= 4 is 5.97 Å². The number of hydrogen-bond donors (Lipinski definition) is 0. The van der Waals surface area contributed by atoms with Crippen molar-refractivity contribution in [1.29, 1.82) is 0 Å². The van der Waals surface area contributed by atoms with Gasteiger partial charge in [-0.1, -0.05) is 0 Å². The number of carbonyl (C=O) groups is 1. The number of ether oxygens (including phenoxy) is 5. The fourth-order valence-electron chi connectivity index (χ4n) is 2.61. The van der Waals surface area contributed by atoms with Crippen LogP contribution in [0, 0.1) is 0 Å². The molecule has 6 heteroatoms. The topological polar surface area (TPSA) is 63.2 Å². The molecule has 0 aromatic carbocycles. The highest BCUT2D eigenvalue weighted by Gasteiger charge is 2.60. The molecule has 0 radical (unpaired) electrons. The summed E-state index contributed by atoms with van der Waals surface area (Å²) < 4.78 is 27.8. The third-order valence-corrected chi connectivity index (χ3v) is 3.16. The Hall–Kier alpha value is -0.690. The Labute approximate surface area is 99.1 Å². The lowest BCUT2D eigenvalue weighted by molar-refractivity contribution is -0.216. The molecule has 6 nitrogen and oxygen atoms in total. The second-order valence-electron chi connectivity index (χ2n) is 5.02. The molecule has 96 valence electrons. The maximum absolute atomic E-state index is 10.9. The molecular formula is C11H16O6. The summed E-state index contributed by atoms with van der Waals surface area (Å²) in [7, 11) is 0. The van der Waals surface area contributed by atoms with Gasteiger partial charge in [-0.3, -0.25) is 4.79 Å². The van der Waals surface area contributed by atoms with Crippen molar-refractivity contribution in [1.82, 2.24) is 0 Å². The third-order valence-electron chi connectivity index (χ3n) is 3.16. The number of rotatable bonds is 1. The Morgan fingerprint density at radius 1 is 1.24 bits per heavy atom. The molecule has 0 aromatic heterocycles. The number of fused-ring (bicyclic) bond motifs is 3. The Bertz CT molecular complexity index is 341. The van der Waals surface area contributed by atoms with Gasteiger partial charge in [-0.05, 0) is 13.8 Å². The van der Waals surface area contributed by atoms with Crippen LogP contribution in [-0.4, -0.2) is 49.1 Å². The van der Waals surface area contributed by atoms with Crippen LogP contribution in [0.1, 0.15) is 20.8 Å². The zero-order valence-corrected chi connectivity index (χ0v) is 10.0. The molecule has 0 amide bonds. The van der Waals surface area contributed by atoms with Crippen molar-refractivity contribution < 1.29 is 28.5 Å². The van der Waals surface area contributed by atoms with Crippen molar-refractivity contribution in [2.45, 2.75) is 57.3 Å². The SMILES string of the molecule is CC(=O)O[C@@H]1CO[C@@H]2[C@H]3OC(C)(C)O[C@H]3O[C@@H]21. The molecular weight excluding hydrogens is 228 g/mol. The minimum absolute atomic E-state index is 0.217. The van der Waals surface area contributed by atoms with E-state index in [1.807, 2.05) is 13.8 Å². The van der Waals surface area contributed by atoms with Gasteiger partial charge in [0.2, 0.25) is 0 Å². The summed E-state index contributed by atoms with van der Waals surface area (Å²) in [6, 6.07) is 0. The summed E-state index contributed by atoms with van der Waals surface area (Å²) >= 11 is 0. The smallest absolute Gasteiger partial charge is 0.303 e. The van der Waals surface area contributed by atoms with Gasteiger partial charge in [0.25, 0.3) is 0 Å². The summed E-state index contributed by atoms with van der Waals surface area (Å²) in [6.45, 7) is 5.39. The number of hydrogen-bond acceptors (Lipinski definition) is 6. The molecule has 0 aromatic rings. The van der Waals surface area contributed by atoms with Crippen LogP contribution in [0.2, 0.25) is 0 Å². The van der Waals surface area contributed by atoms with Gasteiger partial charge in [0.15, 0.2) is 18.2 Å². The van der Waals surface area contributed by atoms with Gasteiger partial charge in [-0.15, -0.1) is 0 Å². The molecule has 3 aliphatic rings. The highest BCUT2D eigenvalue weighted by Crippen LogP contribution is 2.42. The molecule has 5 atom stereocenters. The molecule has 3 heterocycles. The first-order chi connectivity index (χ1) is 7.96. The Kier molecular flexibility index (Phi) is 2.45. The van der Waals surface area contributed by atoms with E-state index in [1.165, 1.54) is 6.92 Å². The van der Waals surface area contributed by atoms with Gasteiger partial charge >= 0.3 is 5.97 Å². The van der Waals surface area contributed by atoms with Crippen LogP contribution in [0.25, 0.3) is 0 Å². The Morgan fingerprint density at radius 2 is 2.00 bits per heavy atom. The minimum Gasteiger partial charge on any atom is -0.457 e. The average Bonchev–Trinajstić information content (AvgIpc) is 2.76. The fraction of sp³-hybridized carbons (Fsp3) is 0.909. The van der Waals surface area contributed by atoms with Gasteiger partial charge in [-0.25, -0.2) is 0 Å². The molecule has 0 aliphatic carbocycles. The number of carbonyl (C=O) groups excluding carboxylic acids is 1. The van der Waals surface area contributed by atoms with Crippen molar-refractivity contribution in [3.05, 3.63) is 0 Å². The highest BCUT2D eigenvalue weighted by atomic mass is 16.8. The van der Waals surface area contributed by atoms with E-state index in [-0.39, 0.29) is 30.4 Å². The predicted molar refractivity (Wildman–Crippen MR) is 54.0 cm³/mol. The van der Waals surface area contributed by atoms with Crippen molar-refractivity contribution in [3.63, 3.8) is 0 Å². The van der Waals surface area contributed by atoms with Crippen LogP contribution in [-0.2, 0) is 28.5 Å². The van der Waals surface area contributed by atoms with Crippen LogP contribution in [0.5, 0.6) is 0 Å². The largest absolute Gasteiger partial charge is 0.457 e. The third kappa shape index (κ3) is 1.85. The van der Waals surface area contributed by atoms with Crippen LogP contribution in [0.3, 0.4) is 0 Å². The molecule has 0 N–H and O–H groups in total. The molecule has 0 bridgehead atoms. The summed E-state index contributed by atoms with van der Waals surface area (Å²) in [6.07, 6.45) is -1.54. The first-order valence-electron chi connectivity index (χ1n) is 5.76. The van der Waals surface area contributed by atoms with Gasteiger partial charge in [0.1, 0.15) is 18.3 Å². The normalized spacial score (nSPS) is 46.6. The zero-order valence-electron chi connectivity index (χ0n) is 10.0. The summed E-state index contributed by atoms with van der Waals surface area (Å²) in [5.74, 6) is -0.981. The quantitative estimate of drug-likeness (QED) is 0.614. The predicted octanol–water partition coefficient (Wildman–Crippen LogP) is 0.193. The van der Waals surface area contributed by atoms with Gasteiger partial charge in [0, 0.05) is 6.92 Å². The Morgan fingerprint density at radius 3 is 2.71 bits per heavy atom. The van der Waals surface area contributed by atoms with Gasteiger partial charge < -0.3 is 23.7 Å². The van der Waals surface area contributed by atoms with E-state index in [0.29, 0.717) is 6.61 Å². The minimum atomic E-state index is -0.650. The van der Waals surface area contributed by atoms with E-state index >= 15 is 0 Å². The van der Waals surface area contributed by atoms with E-state index in [4.69, 9.17) is 23.7 Å². The Balaban J connectivity index is 1.71. The summed E-state index contributed by atoms with van der Waals surface area (Å²) in [5, 5.41) is 0. The molecule has 0 spiro atoms. The monoisotopic (exact) mass is 244 g/mol. The molecule has 3 aliphatic heterocycles. The molecule has 3 rings (SSSR count). The second kappa shape index (κ2) is 3.65. The number of esters is 1. The molecule has 17 heavy (non-hydrogen) atoms. The van der Waals surface area contributed by atoms with E-state index in [2.05, 4.69) is 0 Å². The van der Waals surface area contributed by atoms with Crippen LogP contribution in [0.4, 0.5) is 0 Å². The van der Waals surface area contributed by atoms with Gasteiger partial charge in [0.05, 0.1) is 6.61 Å². The molecule has 0 saturated carbocycles. The first kappa shape index (κ1) is 11.4. The van der Waals surface area contributed by atoms with E-state index in [1.54, 1.807) is 0 Å². The van der Waals surface area contributed by atoms with E-state index < -0.39 is 12.1 Å². The zero-order chi connectivity index (χ0) is 12.2. The fourth-order valence-corrected chi connectivity index (χ4v) is 2.61. The molecule has 3 saturated heterocycles.